The van der Waals surface area contributed by atoms with E-state index in [1.807, 2.05) is 82.3 Å². The number of nitrogens with one attached hydrogen (secondary N) is 1. The molecule has 0 bridgehead atoms. The molecule has 0 saturated carbocycles. The molecule has 0 radical (unpaired) electrons. The number of carbonyl (C=O) groups is 2. The Morgan fingerprint density at radius 3 is 2.24 bits per heavy atom. The number of rotatable bonds is 14. The molecular weight excluding hydrogens is 570 g/mol. The molecule has 0 unspecified atom stereocenters. The number of hydrogen-bond donors (Lipinski definition) is 1. The summed E-state index contributed by atoms with van der Waals surface area (Å²) < 4.78 is 26.8. The number of anilines is 1. The smallest absolute Gasteiger partial charge is 0.243 e. The molecule has 0 fully saturated rings. The van der Waals surface area contributed by atoms with Gasteiger partial charge in [0, 0.05) is 37.5 Å². The maximum atomic E-state index is 14.0. The van der Waals surface area contributed by atoms with E-state index < -0.39 is 16.1 Å². The van der Waals surface area contributed by atoms with Crippen molar-refractivity contribution in [1.29, 1.82) is 0 Å². The molecule has 2 amide bonds. The summed E-state index contributed by atoms with van der Waals surface area (Å²) in [6.07, 6.45) is 1.85. The highest BCUT2D eigenvalue weighted by Crippen LogP contribution is 2.27. The van der Waals surface area contributed by atoms with E-state index in [0.29, 0.717) is 23.7 Å². The molecule has 3 aromatic carbocycles. The van der Waals surface area contributed by atoms with Gasteiger partial charge < -0.3 is 10.2 Å². The first-order valence-corrected chi connectivity index (χ1v) is 16.5. The molecule has 226 valence electrons. The minimum absolute atomic E-state index is 0.0697. The fraction of sp³-hybridized carbons (Fsp3) is 0.394. The van der Waals surface area contributed by atoms with Crippen LogP contribution in [0.25, 0.3) is 0 Å². The Bertz CT molecular complexity index is 1460. The van der Waals surface area contributed by atoms with Crippen LogP contribution in [0.3, 0.4) is 0 Å². The zero-order chi connectivity index (χ0) is 30.9. The van der Waals surface area contributed by atoms with Crippen LogP contribution in [0.15, 0.2) is 72.8 Å². The van der Waals surface area contributed by atoms with Crippen LogP contribution < -0.4 is 9.62 Å². The Balaban J connectivity index is 1.91. The average Bonchev–Trinajstić information content (AvgIpc) is 2.94. The standard InChI is InChI=1S/C33H42ClN3O4S/c1-24(2)22-35-33(39)31(20-27-13-7-6-8-14-27)36(23-28-15-10-9-12-25(28)3)32(38)16-11-19-37(42(5,40)41)30-21-29(34)18-17-26(30)4/h6-10,12-15,17-18,21,24,31H,11,16,19-20,22-23H2,1-5H3,(H,35,39)/t31-/m0/s1. The Kier molecular flexibility index (Phi) is 12.0. The lowest BCUT2D eigenvalue weighted by atomic mass is 10.0. The van der Waals surface area contributed by atoms with Gasteiger partial charge in [0.15, 0.2) is 0 Å². The first-order valence-electron chi connectivity index (χ1n) is 14.3. The SMILES string of the molecule is Cc1ccccc1CN(C(=O)CCCN(c1cc(Cl)ccc1C)S(C)(=O)=O)[C@@H](Cc1ccccc1)C(=O)NCC(C)C. The Morgan fingerprint density at radius 2 is 1.60 bits per heavy atom. The number of nitrogens with zero attached hydrogens (tertiary/aromatic N) is 2. The second-order valence-electron chi connectivity index (χ2n) is 11.2. The zero-order valence-electron chi connectivity index (χ0n) is 25.1. The summed E-state index contributed by atoms with van der Waals surface area (Å²) in [7, 11) is -3.63. The van der Waals surface area contributed by atoms with Gasteiger partial charge in [-0.05, 0) is 60.6 Å². The summed E-state index contributed by atoms with van der Waals surface area (Å²) in [5.41, 5.74) is 4.18. The molecule has 3 aromatic rings. The molecule has 0 aromatic heterocycles. The van der Waals surface area contributed by atoms with Crippen LogP contribution in [0.5, 0.6) is 0 Å². The van der Waals surface area contributed by atoms with Crippen molar-refractivity contribution in [2.75, 3.05) is 23.7 Å². The molecule has 1 N–H and O–H groups in total. The number of hydrogen-bond acceptors (Lipinski definition) is 4. The number of amides is 2. The lowest BCUT2D eigenvalue weighted by Crippen LogP contribution is -2.51. The fourth-order valence-corrected chi connectivity index (χ4v) is 5.96. The van der Waals surface area contributed by atoms with Crippen molar-refractivity contribution in [3.8, 4) is 0 Å². The quantitative estimate of drug-likeness (QED) is 0.245. The summed E-state index contributed by atoms with van der Waals surface area (Å²) in [6, 6.07) is 21.9. The molecule has 0 heterocycles. The zero-order valence-corrected chi connectivity index (χ0v) is 26.7. The lowest BCUT2D eigenvalue weighted by molar-refractivity contribution is -0.141. The highest BCUT2D eigenvalue weighted by molar-refractivity contribution is 7.92. The summed E-state index contributed by atoms with van der Waals surface area (Å²) in [4.78, 5) is 29.3. The summed E-state index contributed by atoms with van der Waals surface area (Å²) in [5, 5.41) is 3.46. The van der Waals surface area contributed by atoms with Gasteiger partial charge in [-0.25, -0.2) is 8.42 Å². The Morgan fingerprint density at radius 1 is 0.929 bits per heavy atom. The van der Waals surface area contributed by atoms with Crippen molar-refractivity contribution < 1.29 is 18.0 Å². The molecule has 0 aliphatic carbocycles. The van der Waals surface area contributed by atoms with Crippen LogP contribution in [0.4, 0.5) is 5.69 Å². The molecule has 9 heteroatoms. The maximum Gasteiger partial charge on any atom is 0.243 e. The Hall–Kier alpha value is -3.36. The molecule has 0 spiro atoms. The topological polar surface area (TPSA) is 86.8 Å². The van der Waals surface area contributed by atoms with Gasteiger partial charge in [-0.3, -0.25) is 13.9 Å². The predicted octanol–water partition coefficient (Wildman–Crippen LogP) is 5.92. The van der Waals surface area contributed by atoms with Gasteiger partial charge in [0.1, 0.15) is 6.04 Å². The number of aryl methyl sites for hydroxylation is 2. The van der Waals surface area contributed by atoms with Crippen LogP contribution in [-0.2, 0) is 32.6 Å². The lowest BCUT2D eigenvalue weighted by Gasteiger charge is -2.32. The molecule has 1 atom stereocenters. The minimum Gasteiger partial charge on any atom is -0.354 e. The van der Waals surface area contributed by atoms with Gasteiger partial charge in [0.25, 0.3) is 0 Å². The van der Waals surface area contributed by atoms with E-state index in [-0.39, 0.29) is 43.7 Å². The summed E-state index contributed by atoms with van der Waals surface area (Å²) in [5.74, 6) is -0.166. The van der Waals surface area contributed by atoms with Crippen molar-refractivity contribution in [3.05, 3.63) is 100 Å². The second-order valence-corrected chi connectivity index (χ2v) is 13.5. The normalized spacial score (nSPS) is 12.2. The van der Waals surface area contributed by atoms with Gasteiger partial charge in [0.2, 0.25) is 21.8 Å². The predicted molar refractivity (Wildman–Crippen MR) is 171 cm³/mol. The second kappa shape index (κ2) is 15.2. The van der Waals surface area contributed by atoms with Crippen LogP contribution in [0.1, 0.15) is 48.9 Å². The number of sulfonamides is 1. The van der Waals surface area contributed by atoms with Crippen LogP contribution in [0, 0.1) is 19.8 Å². The van der Waals surface area contributed by atoms with E-state index in [2.05, 4.69) is 5.32 Å². The van der Waals surface area contributed by atoms with Crippen LogP contribution in [0.2, 0.25) is 5.02 Å². The average molecular weight is 612 g/mol. The monoisotopic (exact) mass is 611 g/mol. The Labute approximate surface area is 255 Å². The molecule has 0 saturated heterocycles. The molecule has 0 aliphatic rings. The van der Waals surface area contributed by atoms with E-state index in [4.69, 9.17) is 11.6 Å². The van der Waals surface area contributed by atoms with Gasteiger partial charge in [0.05, 0.1) is 11.9 Å². The highest BCUT2D eigenvalue weighted by Gasteiger charge is 2.31. The molecular formula is C33H42ClN3O4S. The van der Waals surface area contributed by atoms with E-state index >= 15 is 0 Å². The van der Waals surface area contributed by atoms with Crippen molar-refractivity contribution in [1.82, 2.24) is 10.2 Å². The van der Waals surface area contributed by atoms with E-state index in [9.17, 15) is 18.0 Å². The number of benzene rings is 3. The first-order chi connectivity index (χ1) is 19.9. The molecule has 0 aliphatic heterocycles. The minimum atomic E-state index is -3.63. The van der Waals surface area contributed by atoms with Crippen molar-refractivity contribution >= 4 is 39.1 Å². The van der Waals surface area contributed by atoms with E-state index in [1.54, 1.807) is 23.1 Å². The largest absolute Gasteiger partial charge is 0.354 e. The molecule has 3 rings (SSSR count). The van der Waals surface area contributed by atoms with Crippen molar-refractivity contribution in [2.24, 2.45) is 5.92 Å². The van der Waals surface area contributed by atoms with Gasteiger partial charge >= 0.3 is 0 Å². The summed E-state index contributed by atoms with van der Waals surface area (Å²) in [6.45, 7) is 8.73. The van der Waals surface area contributed by atoms with E-state index in [0.717, 1.165) is 28.5 Å². The number of halogens is 1. The van der Waals surface area contributed by atoms with Crippen molar-refractivity contribution in [3.63, 3.8) is 0 Å². The fourth-order valence-electron chi connectivity index (χ4n) is 4.78. The number of carbonyl (C=O) groups excluding carboxylic acids is 2. The first kappa shape index (κ1) is 33.1. The third kappa shape index (κ3) is 9.60. The van der Waals surface area contributed by atoms with Crippen LogP contribution >= 0.6 is 11.6 Å². The van der Waals surface area contributed by atoms with Crippen molar-refractivity contribution in [2.45, 2.75) is 59.5 Å². The highest BCUT2D eigenvalue weighted by atomic mass is 35.5. The van der Waals surface area contributed by atoms with Gasteiger partial charge in [-0.2, -0.15) is 0 Å². The van der Waals surface area contributed by atoms with Gasteiger partial charge in [-0.1, -0.05) is 86.1 Å². The van der Waals surface area contributed by atoms with E-state index in [1.165, 1.54) is 4.31 Å². The van der Waals surface area contributed by atoms with Gasteiger partial charge in [-0.15, -0.1) is 0 Å². The summed E-state index contributed by atoms with van der Waals surface area (Å²) >= 11 is 6.18. The molecule has 42 heavy (non-hydrogen) atoms. The van der Waals surface area contributed by atoms with Crippen LogP contribution in [-0.4, -0.2) is 50.5 Å². The molecule has 7 nitrogen and oxygen atoms in total. The third-order valence-corrected chi connectivity index (χ3v) is 8.56. The third-order valence-electron chi connectivity index (χ3n) is 7.15. The maximum absolute atomic E-state index is 14.0.